The third kappa shape index (κ3) is 4.69. The molecule has 0 radical (unpaired) electrons. The van der Waals surface area contributed by atoms with Gasteiger partial charge in [-0.1, -0.05) is 36.4 Å². The van der Waals surface area contributed by atoms with Crippen LogP contribution in [-0.2, 0) is 9.53 Å². The summed E-state index contributed by atoms with van der Waals surface area (Å²) in [5, 5.41) is 19.4. The molecule has 0 bridgehead atoms. The maximum atomic E-state index is 13.1. The van der Waals surface area contributed by atoms with E-state index in [1.807, 2.05) is 24.3 Å². The zero-order valence-corrected chi connectivity index (χ0v) is 16.4. The van der Waals surface area contributed by atoms with Crippen molar-refractivity contribution in [1.29, 1.82) is 0 Å². The highest BCUT2D eigenvalue weighted by atomic mass is 16.5. The fourth-order valence-corrected chi connectivity index (χ4v) is 3.47. The number of aromatic hydroxyl groups is 2. The van der Waals surface area contributed by atoms with Crippen molar-refractivity contribution in [1.82, 2.24) is 0 Å². The van der Waals surface area contributed by atoms with Crippen LogP contribution in [0.1, 0.15) is 35.4 Å². The van der Waals surface area contributed by atoms with E-state index in [-0.39, 0.29) is 30.0 Å². The number of carbonyl (C=O) groups is 1. The van der Waals surface area contributed by atoms with E-state index in [0.29, 0.717) is 5.75 Å². The number of rotatable bonds is 7. The summed E-state index contributed by atoms with van der Waals surface area (Å²) in [7, 11) is 1.58. The van der Waals surface area contributed by atoms with Crippen LogP contribution < -0.4 is 4.74 Å². The maximum absolute atomic E-state index is 13.1. The largest absolute Gasteiger partial charge is 0.508 e. The van der Waals surface area contributed by atoms with Crippen molar-refractivity contribution >= 4 is 5.97 Å². The van der Waals surface area contributed by atoms with Crippen molar-refractivity contribution in [2.75, 3.05) is 13.7 Å². The van der Waals surface area contributed by atoms with E-state index < -0.39 is 5.92 Å². The van der Waals surface area contributed by atoms with Gasteiger partial charge in [-0.25, -0.2) is 0 Å². The molecule has 3 rings (SSSR count). The van der Waals surface area contributed by atoms with E-state index >= 15 is 0 Å². The molecule has 0 fully saturated rings. The van der Waals surface area contributed by atoms with Crippen LogP contribution in [-0.4, -0.2) is 29.9 Å². The van der Waals surface area contributed by atoms with Gasteiger partial charge >= 0.3 is 5.97 Å². The Morgan fingerprint density at radius 3 is 1.90 bits per heavy atom. The van der Waals surface area contributed by atoms with Gasteiger partial charge < -0.3 is 19.7 Å². The lowest BCUT2D eigenvalue weighted by Crippen LogP contribution is -2.24. The fraction of sp³-hybridized carbons (Fsp3) is 0.208. The van der Waals surface area contributed by atoms with Gasteiger partial charge in [0.15, 0.2) is 0 Å². The first-order valence-corrected chi connectivity index (χ1v) is 9.42. The third-order valence-electron chi connectivity index (χ3n) is 4.83. The molecule has 0 aliphatic heterocycles. The lowest BCUT2D eigenvalue weighted by Gasteiger charge is -2.27. The molecule has 1 atom stereocenters. The predicted molar refractivity (Wildman–Crippen MR) is 110 cm³/mol. The van der Waals surface area contributed by atoms with Gasteiger partial charge in [-0.2, -0.15) is 0 Å². The molecule has 5 heteroatoms. The summed E-state index contributed by atoms with van der Waals surface area (Å²) in [6.45, 7) is 2.04. The number of carbonyl (C=O) groups excluding carboxylic acids is 1. The van der Waals surface area contributed by atoms with Crippen LogP contribution in [0.15, 0.2) is 72.8 Å². The highest BCUT2D eigenvalue weighted by Gasteiger charge is 2.34. The molecule has 0 aliphatic rings. The zero-order valence-electron chi connectivity index (χ0n) is 16.4. The average Bonchev–Trinajstić information content (AvgIpc) is 2.74. The van der Waals surface area contributed by atoms with Gasteiger partial charge in [-0.15, -0.1) is 0 Å². The van der Waals surface area contributed by atoms with Crippen molar-refractivity contribution in [3.05, 3.63) is 89.5 Å². The van der Waals surface area contributed by atoms with Crippen LogP contribution in [0.3, 0.4) is 0 Å². The van der Waals surface area contributed by atoms with Gasteiger partial charge in [0.2, 0.25) is 0 Å². The molecule has 150 valence electrons. The summed E-state index contributed by atoms with van der Waals surface area (Å²) in [5.74, 6) is -0.445. The Kier molecular flexibility index (Phi) is 6.39. The van der Waals surface area contributed by atoms with Crippen molar-refractivity contribution < 1.29 is 24.5 Å². The molecule has 3 aromatic rings. The number of hydrogen-bond donors (Lipinski definition) is 2. The monoisotopic (exact) mass is 392 g/mol. The summed E-state index contributed by atoms with van der Waals surface area (Å²) in [6.07, 6.45) is 0. The molecular weight excluding hydrogens is 368 g/mol. The van der Waals surface area contributed by atoms with Crippen molar-refractivity contribution in [2.45, 2.75) is 18.8 Å². The van der Waals surface area contributed by atoms with Gasteiger partial charge in [-0.3, -0.25) is 4.79 Å². The smallest absolute Gasteiger partial charge is 0.314 e. The molecule has 0 saturated heterocycles. The molecule has 5 nitrogen and oxygen atoms in total. The fourth-order valence-electron chi connectivity index (χ4n) is 3.47. The predicted octanol–water partition coefficient (Wildman–Crippen LogP) is 4.59. The van der Waals surface area contributed by atoms with Crippen LogP contribution in [0.5, 0.6) is 17.2 Å². The molecule has 0 saturated carbocycles. The van der Waals surface area contributed by atoms with Gasteiger partial charge in [0.1, 0.15) is 17.2 Å². The Hall–Kier alpha value is -3.47. The summed E-state index contributed by atoms with van der Waals surface area (Å²) in [4.78, 5) is 13.1. The quantitative estimate of drug-likeness (QED) is 0.576. The van der Waals surface area contributed by atoms with Gasteiger partial charge in [0, 0.05) is 5.92 Å². The SMILES string of the molecule is CCOC(=O)C(c1cccc(OC)c1)C(c1ccc(O)cc1)c1ccc(O)cc1. The Morgan fingerprint density at radius 1 is 0.862 bits per heavy atom. The number of phenols is 2. The number of hydrogen-bond acceptors (Lipinski definition) is 5. The van der Waals surface area contributed by atoms with Crippen LogP contribution in [0, 0.1) is 0 Å². The highest BCUT2D eigenvalue weighted by molar-refractivity contribution is 5.81. The van der Waals surface area contributed by atoms with Crippen molar-refractivity contribution in [2.24, 2.45) is 0 Å². The lowest BCUT2D eigenvalue weighted by molar-refractivity contribution is -0.145. The number of methoxy groups -OCH3 is 1. The molecule has 0 aliphatic carbocycles. The second-order valence-corrected chi connectivity index (χ2v) is 6.67. The topological polar surface area (TPSA) is 76.0 Å². The van der Waals surface area contributed by atoms with E-state index in [1.165, 1.54) is 0 Å². The van der Waals surface area contributed by atoms with Crippen LogP contribution in [0.25, 0.3) is 0 Å². The molecule has 3 aromatic carbocycles. The van der Waals surface area contributed by atoms with E-state index in [1.54, 1.807) is 62.6 Å². The second-order valence-electron chi connectivity index (χ2n) is 6.67. The van der Waals surface area contributed by atoms with Crippen molar-refractivity contribution in [3.8, 4) is 17.2 Å². The Bertz CT molecular complexity index is 902. The van der Waals surface area contributed by atoms with Gasteiger partial charge in [0.05, 0.1) is 19.6 Å². The summed E-state index contributed by atoms with van der Waals surface area (Å²) < 4.78 is 10.8. The van der Waals surface area contributed by atoms with Gasteiger partial charge in [-0.05, 0) is 60.0 Å². The minimum Gasteiger partial charge on any atom is -0.508 e. The third-order valence-corrected chi connectivity index (χ3v) is 4.83. The van der Waals surface area contributed by atoms with E-state index in [0.717, 1.165) is 16.7 Å². The van der Waals surface area contributed by atoms with Crippen LogP contribution in [0.4, 0.5) is 0 Å². The Morgan fingerprint density at radius 2 is 1.41 bits per heavy atom. The highest BCUT2D eigenvalue weighted by Crippen LogP contribution is 2.41. The summed E-state index contributed by atoms with van der Waals surface area (Å²) in [6, 6.07) is 20.9. The summed E-state index contributed by atoms with van der Waals surface area (Å²) in [5.41, 5.74) is 2.44. The maximum Gasteiger partial charge on any atom is 0.314 e. The molecule has 2 N–H and O–H groups in total. The Labute approximate surface area is 170 Å². The first-order chi connectivity index (χ1) is 14.0. The van der Waals surface area contributed by atoms with Gasteiger partial charge in [0.25, 0.3) is 0 Å². The zero-order chi connectivity index (χ0) is 20.8. The van der Waals surface area contributed by atoms with Crippen LogP contribution in [0.2, 0.25) is 0 Å². The van der Waals surface area contributed by atoms with Crippen LogP contribution >= 0.6 is 0 Å². The first kappa shape index (κ1) is 20.3. The number of esters is 1. The van der Waals surface area contributed by atoms with E-state index in [2.05, 4.69) is 0 Å². The first-order valence-electron chi connectivity index (χ1n) is 9.42. The summed E-state index contributed by atoms with van der Waals surface area (Å²) >= 11 is 0. The molecule has 1 unspecified atom stereocenters. The Balaban J connectivity index is 2.19. The molecule has 29 heavy (non-hydrogen) atoms. The normalized spacial score (nSPS) is 11.8. The molecule has 0 heterocycles. The number of ether oxygens (including phenoxy) is 2. The molecule has 0 spiro atoms. The second kappa shape index (κ2) is 9.15. The average molecular weight is 392 g/mol. The van der Waals surface area contributed by atoms with E-state index in [4.69, 9.17) is 9.47 Å². The molecule has 0 aromatic heterocycles. The van der Waals surface area contributed by atoms with Crippen molar-refractivity contribution in [3.63, 3.8) is 0 Å². The standard InChI is InChI=1S/C24H24O5/c1-3-29-24(27)23(18-5-4-6-21(15-18)28-2)22(16-7-11-19(25)12-8-16)17-9-13-20(26)14-10-17/h4-15,22-23,25-26H,3H2,1-2H3. The number of phenolic OH excluding ortho intramolecular Hbond substituents is 2. The molecule has 0 amide bonds. The lowest BCUT2D eigenvalue weighted by atomic mass is 9.77. The minimum atomic E-state index is -0.640. The molecular formula is C24H24O5. The minimum absolute atomic E-state index is 0.146. The van der Waals surface area contributed by atoms with E-state index in [9.17, 15) is 15.0 Å². The number of benzene rings is 3.